The molecule has 2 aromatic rings. The molecule has 3 amide bonds. The summed E-state index contributed by atoms with van der Waals surface area (Å²) in [4.78, 5) is 39.6. The molecule has 0 radical (unpaired) electrons. The van der Waals surface area contributed by atoms with Crippen LogP contribution in [0.3, 0.4) is 0 Å². The van der Waals surface area contributed by atoms with Gasteiger partial charge in [-0.15, -0.1) is 0 Å². The van der Waals surface area contributed by atoms with Gasteiger partial charge in [-0.25, -0.2) is 12.7 Å². The summed E-state index contributed by atoms with van der Waals surface area (Å²) in [5.74, 6) is -1.12. The van der Waals surface area contributed by atoms with Gasteiger partial charge in [0.2, 0.25) is 11.8 Å². The van der Waals surface area contributed by atoms with Crippen LogP contribution in [-0.4, -0.2) is 54.5 Å². The number of fused-ring (bicyclic) bond motifs is 1. The molecule has 0 aromatic heterocycles. The molecule has 0 saturated carbocycles. The van der Waals surface area contributed by atoms with E-state index < -0.39 is 22.0 Å². The number of hydrogen-bond acceptors (Lipinski definition) is 5. The quantitative estimate of drug-likeness (QED) is 0.605. The molecule has 2 aromatic carbocycles. The first-order valence-corrected chi connectivity index (χ1v) is 12.4. The molecule has 0 aliphatic carbocycles. The maximum atomic E-state index is 13.1. The maximum Gasteiger partial charge on any atom is 0.269 e. The Labute approximate surface area is 194 Å². The summed E-state index contributed by atoms with van der Waals surface area (Å²) in [7, 11) is -3.91. The molecule has 0 fully saturated rings. The van der Waals surface area contributed by atoms with E-state index in [0.717, 1.165) is 15.4 Å². The Morgan fingerprint density at radius 2 is 1.76 bits per heavy atom. The number of sulfonamides is 1. The van der Waals surface area contributed by atoms with Crippen LogP contribution < -0.4 is 5.32 Å². The van der Waals surface area contributed by atoms with E-state index in [2.05, 4.69) is 5.32 Å². The summed E-state index contributed by atoms with van der Waals surface area (Å²) in [5.41, 5.74) is 2.12. The van der Waals surface area contributed by atoms with Crippen LogP contribution in [0, 0.1) is 6.92 Å². The van der Waals surface area contributed by atoms with Crippen molar-refractivity contribution in [1.82, 2.24) is 14.5 Å². The number of benzene rings is 2. The fraction of sp³-hybridized carbons (Fsp3) is 0.375. The highest BCUT2D eigenvalue weighted by Crippen LogP contribution is 2.30. The van der Waals surface area contributed by atoms with Crippen molar-refractivity contribution in [2.24, 2.45) is 0 Å². The minimum absolute atomic E-state index is 0.00521. The molecule has 3 rings (SSSR count). The van der Waals surface area contributed by atoms with Gasteiger partial charge in [0.25, 0.3) is 15.9 Å². The zero-order chi connectivity index (χ0) is 24.2. The molecule has 1 aliphatic heterocycles. The Morgan fingerprint density at radius 3 is 2.39 bits per heavy atom. The molecule has 1 heterocycles. The van der Waals surface area contributed by atoms with Gasteiger partial charge >= 0.3 is 0 Å². The van der Waals surface area contributed by atoms with Crippen molar-refractivity contribution < 1.29 is 22.8 Å². The first kappa shape index (κ1) is 24.4. The standard InChI is InChI=1S/C24H29N3O5S/c1-4-25-23(29)18(3)26(16-19-13-11-17(2)12-14-19)22(28)10-7-15-27-24(30)20-8-5-6-9-21(20)33(27,31)32/h5-6,8-9,11-14,18H,4,7,10,15-16H2,1-3H3,(H,25,29)/t18-/m1/s1. The number of aryl methyl sites for hydroxylation is 1. The van der Waals surface area contributed by atoms with Crippen molar-refractivity contribution in [1.29, 1.82) is 0 Å². The Morgan fingerprint density at radius 1 is 1.09 bits per heavy atom. The number of nitrogens with zero attached hydrogens (tertiary/aromatic N) is 2. The van der Waals surface area contributed by atoms with E-state index >= 15 is 0 Å². The third kappa shape index (κ3) is 5.24. The highest BCUT2D eigenvalue weighted by molar-refractivity contribution is 7.90. The minimum atomic E-state index is -3.91. The minimum Gasteiger partial charge on any atom is -0.355 e. The van der Waals surface area contributed by atoms with Crippen LogP contribution in [0.1, 0.15) is 48.2 Å². The van der Waals surface area contributed by atoms with E-state index in [9.17, 15) is 22.8 Å². The van der Waals surface area contributed by atoms with Gasteiger partial charge in [0.1, 0.15) is 10.9 Å². The van der Waals surface area contributed by atoms with Crippen LogP contribution >= 0.6 is 0 Å². The van der Waals surface area contributed by atoms with E-state index in [1.807, 2.05) is 38.1 Å². The fourth-order valence-corrected chi connectivity index (χ4v) is 5.37. The maximum absolute atomic E-state index is 13.1. The van der Waals surface area contributed by atoms with Gasteiger partial charge in [-0.1, -0.05) is 42.0 Å². The first-order valence-electron chi connectivity index (χ1n) is 11.0. The summed E-state index contributed by atoms with van der Waals surface area (Å²) in [5, 5.41) is 2.74. The number of hydrogen-bond donors (Lipinski definition) is 1. The molecule has 1 atom stereocenters. The molecule has 1 aliphatic rings. The lowest BCUT2D eigenvalue weighted by molar-refractivity contribution is -0.140. The zero-order valence-corrected chi connectivity index (χ0v) is 19.9. The van der Waals surface area contributed by atoms with Crippen LogP contribution in [0.5, 0.6) is 0 Å². The van der Waals surface area contributed by atoms with Crippen molar-refractivity contribution in [2.45, 2.75) is 51.1 Å². The van der Waals surface area contributed by atoms with Crippen molar-refractivity contribution in [3.8, 4) is 0 Å². The van der Waals surface area contributed by atoms with Crippen molar-refractivity contribution in [3.05, 3.63) is 65.2 Å². The number of carbonyl (C=O) groups excluding carboxylic acids is 3. The van der Waals surface area contributed by atoms with Crippen molar-refractivity contribution in [2.75, 3.05) is 13.1 Å². The molecule has 176 valence electrons. The van der Waals surface area contributed by atoms with Gasteiger partial charge in [0, 0.05) is 26.1 Å². The second-order valence-electron chi connectivity index (χ2n) is 8.06. The van der Waals surface area contributed by atoms with Crippen LogP contribution in [-0.2, 0) is 26.2 Å². The zero-order valence-electron chi connectivity index (χ0n) is 19.1. The summed E-state index contributed by atoms with van der Waals surface area (Å²) in [6.45, 7) is 6.05. The van der Waals surface area contributed by atoms with Gasteiger partial charge in [0.05, 0.1) is 5.56 Å². The second kappa shape index (κ2) is 10.2. The number of likely N-dealkylation sites (N-methyl/N-ethyl adjacent to an activating group) is 1. The van der Waals surface area contributed by atoms with E-state index in [1.165, 1.54) is 17.0 Å². The Bertz CT molecular complexity index is 1140. The lowest BCUT2D eigenvalue weighted by atomic mass is 10.1. The predicted octanol–water partition coefficient (Wildman–Crippen LogP) is 2.47. The lowest BCUT2D eigenvalue weighted by Gasteiger charge is -2.29. The molecule has 0 bridgehead atoms. The summed E-state index contributed by atoms with van der Waals surface area (Å²) < 4.78 is 26.2. The van der Waals surface area contributed by atoms with E-state index in [-0.39, 0.29) is 48.2 Å². The molecule has 0 saturated heterocycles. The number of carbonyl (C=O) groups is 3. The van der Waals surface area contributed by atoms with Crippen LogP contribution in [0.15, 0.2) is 53.4 Å². The van der Waals surface area contributed by atoms with Gasteiger partial charge in [-0.3, -0.25) is 14.4 Å². The molecule has 8 nitrogen and oxygen atoms in total. The van der Waals surface area contributed by atoms with E-state index in [1.54, 1.807) is 19.1 Å². The van der Waals surface area contributed by atoms with Gasteiger partial charge in [0.15, 0.2) is 0 Å². The highest BCUT2D eigenvalue weighted by Gasteiger charge is 2.40. The average molecular weight is 472 g/mol. The molecule has 0 spiro atoms. The first-order chi connectivity index (χ1) is 15.7. The average Bonchev–Trinajstić information content (AvgIpc) is 2.99. The molecular formula is C24H29N3O5S. The number of nitrogens with one attached hydrogen (secondary N) is 1. The Balaban J connectivity index is 1.70. The normalized spacial score (nSPS) is 15.1. The third-order valence-corrected chi connectivity index (χ3v) is 7.50. The molecule has 9 heteroatoms. The van der Waals surface area contributed by atoms with Crippen LogP contribution in [0.25, 0.3) is 0 Å². The largest absolute Gasteiger partial charge is 0.355 e. The SMILES string of the molecule is CCNC(=O)[C@@H](C)N(Cc1ccc(C)cc1)C(=O)CCCN1C(=O)c2ccccc2S1(=O)=O. The highest BCUT2D eigenvalue weighted by atomic mass is 32.2. The molecule has 33 heavy (non-hydrogen) atoms. The van der Waals surface area contributed by atoms with Gasteiger partial charge in [-0.2, -0.15) is 0 Å². The summed E-state index contributed by atoms with van der Waals surface area (Å²) >= 11 is 0. The fourth-order valence-electron chi connectivity index (χ4n) is 3.76. The van der Waals surface area contributed by atoms with E-state index in [4.69, 9.17) is 0 Å². The monoisotopic (exact) mass is 471 g/mol. The predicted molar refractivity (Wildman–Crippen MR) is 124 cm³/mol. The molecule has 0 unspecified atom stereocenters. The topological polar surface area (TPSA) is 104 Å². The number of amides is 3. The Kier molecular flexibility index (Phi) is 7.53. The van der Waals surface area contributed by atoms with Gasteiger partial charge < -0.3 is 10.2 Å². The third-order valence-electron chi connectivity index (χ3n) is 5.66. The number of rotatable bonds is 9. The lowest BCUT2D eigenvalue weighted by Crippen LogP contribution is -2.47. The van der Waals surface area contributed by atoms with Crippen LogP contribution in [0.2, 0.25) is 0 Å². The smallest absolute Gasteiger partial charge is 0.269 e. The molecule has 1 N–H and O–H groups in total. The second-order valence-corrected chi connectivity index (χ2v) is 9.89. The van der Waals surface area contributed by atoms with Gasteiger partial charge in [-0.05, 0) is 44.9 Å². The summed E-state index contributed by atoms with van der Waals surface area (Å²) in [6, 6.07) is 13.1. The van der Waals surface area contributed by atoms with Crippen molar-refractivity contribution >= 4 is 27.7 Å². The molecular weight excluding hydrogens is 442 g/mol. The van der Waals surface area contributed by atoms with Crippen molar-refractivity contribution in [3.63, 3.8) is 0 Å². The van der Waals surface area contributed by atoms with E-state index in [0.29, 0.717) is 6.54 Å². The van der Waals surface area contributed by atoms with Crippen LogP contribution in [0.4, 0.5) is 0 Å². The summed E-state index contributed by atoms with van der Waals surface area (Å²) in [6.07, 6.45) is 0.162. The Hall–Kier alpha value is -3.20.